The number of hydrogen-bond donors (Lipinski definition) is 2. The first-order valence-corrected chi connectivity index (χ1v) is 12.3. The van der Waals surface area contributed by atoms with E-state index in [1.54, 1.807) is 53.1 Å². The Morgan fingerprint density at radius 2 is 1.55 bits per heavy atom. The van der Waals surface area contributed by atoms with Crippen LogP contribution in [0.4, 0.5) is 16.2 Å². The maximum Gasteiger partial charge on any atom is 0.323 e. The number of piperidine rings is 1. The smallest absolute Gasteiger partial charge is 0.310 e. The minimum Gasteiger partial charge on any atom is -0.310 e. The van der Waals surface area contributed by atoms with Crippen molar-refractivity contribution in [2.45, 2.75) is 23.8 Å². The van der Waals surface area contributed by atoms with Gasteiger partial charge in [-0.25, -0.2) is 13.2 Å². The summed E-state index contributed by atoms with van der Waals surface area (Å²) in [5.74, 6) is -0.169. The van der Waals surface area contributed by atoms with Gasteiger partial charge < -0.3 is 15.2 Å². The number of urea groups is 1. The van der Waals surface area contributed by atoms with Gasteiger partial charge in [-0.05, 0) is 42.7 Å². The summed E-state index contributed by atoms with van der Waals surface area (Å²) in [6, 6.07) is 20.1. The summed E-state index contributed by atoms with van der Waals surface area (Å²) in [6.45, 7) is 1.04. The van der Waals surface area contributed by atoms with Gasteiger partial charge in [0.05, 0.1) is 10.6 Å². The van der Waals surface area contributed by atoms with Crippen LogP contribution in [0, 0.1) is 5.92 Å². The first kappa shape index (κ1) is 21.4. The van der Waals surface area contributed by atoms with Crippen molar-refractivity contribution in [3.8, 4) is 0 Å². The lowest BCUT2D eigenvalue weighted by Crippen LogP contribution is -2.49. The topological polar surface area (TPSA) is 101 Å². The average Bonchev–Trinajstić information content (AvgIpc) is 2.82. The molecule has 3 heterocycles. The maximum absolute atomic E-state index is 13.2. The van der Waals surface area contributed by atoms with Crippen LogP contribution in [0.1, 0.15) is 18.0 Å². The van der Waals surface area contributed by atoms with Crippen LogP contribution in [0.25, 0.3) is 0 Å². The summed E-state index contributed by atoms with van der Waals surface area (Å²) >= 11 is 0. The van der Waals surface area contributed by atoms with Gasteiger partial charge in [-0.3, -0.25) is 4.79 Å². The first-order valence-electron chi connectivity index (χ1n) is 10.8. The van der Waals surface area contributed by atoms with Crippen LogP contribution >= 0.6 is 0 Å². The Labute approximate surface area is 191 Å². The highest BCUT2D eigenvalue weighted by Crippen LogP contribution is 2.40. The Morgan fingerprint density at radius 3 is 2.27 bits per heavy atom. The molecule has 1 aromatic heterocycles. The SMILES string of the molecule is O=C(Nc1ccccc1)Nc1ccc(=O)n2c1[C@H]1C[C@@H](CN(S(=O)(=O)c3ccccc3)C1)C2. The Kier molecular flexibility index (Phi) is 5.51. The van der Waals surface area contributed by atoms with E-state index in [9.17, 15) is 18.0 Å². The number of benzene rings is 2. The highest BCUT2D eigenvalue weighted by atomic mass is 32.2. The van der Waals surface area contributed by atoms with E-state index < -0.39 is 16.1 Å². The third-order valence-corrected chi connectivity index (χ3v) is 8.06. The van der Waals surface area contributed by atoms with Crippen LogP contribution in [-0.4, -0.2) is 36.4 Å². The van der Waals surface area contributed by atoms with Gasteiger partial charge in [-0.15, -0.1) is 0 Å². The molecule has 0 saturated carbocycles. The molecule has 2 bridgehead atoms. The number of pyridine rings is 1. The van der Waals surface area contributed by atoms with Crippen LogP contribution in [0.5, 0.6) is 0 Å². The summed E-state index contributed by atoms with van der Waals surface area (Å²) in [7, 11) is -3.65. The zero-order valence-electron chi connectivity index (χ0n) is 17.8. The van der Waals surface area contributed by atoms with Crippen molar-refractivity contribution in [2.24, 2.45) is 5.92 Å². The molecule has 8 nitrogen and oxygen atoms in total. The van der Waals surface area contributed by atoms with Gasteiger partial charge in [0.1, 0.15) is 0 Å². The molecular formula is C24H24N4O4S. The largest absolute Gasteiger partial charge is 0.323 e. The molecule has 1 fully saturated rings. The van der Waals surface area contributed by atoms with E-state index >= 15 is 0 Å². The number of carbonyl (C=O) groups excluding carboxylic acids is 1. The predicted molar refractivity (Wildman–Crippen MR) is 126 cm³/mol. The molecule has 2 atom stereocenters. The molecule has 33 heavy (non-hydrogen) atoms. The second kappa shape index (κ2) is 8.49. The van der Waals surface area contributed by atoms with E-state index in [0.29, 0.717) is 30.2 Å². The second-order valence-corrected chi connectivity index (χ2v) is 10.4. The minimum atomic E-state index is -3.65. The molecule has 2 aliphatic heterocycles. The fourth-order valence-corrected chi connectivity index (χ4v) is 6.40. The first-order chi connectivity index (χ1) is 15.9. The van der Waals surface area contributed by atoms with Crippen LogP contribution in [0.2, 0.25) is 0 Å². The molecule has 0 unspecified atom stereocenters. The Hall–Kier alpha value is -3.43. The Morgan fingerprint density at radius 1 is 0.848 bits per heavy atom. The van der Waals surface area contributed by atoms with Crippen LogP contribution in [0.3, 0.4) is 0 Å². The zero-order chi connectivity index (χ0) is 23.0. The number of sulfonamides is 1. The van der Waals surface area contributed by atoms with Crippen LogP contribution in [0.15, 0.2) is 82.5 Å². The lowest BCUT2D eigenvalue weighted by Gasteiger charge is -2.42. The molecule has 0 radical (unpaired) electrons. The molecule has 2 N–H and O–H groups in total. The number of hydrogen-bond acceptors (Lipinski definition) is 4. The molecule has 2 aliphatic rings. The van der Waals surface area contributed by atoms with Gasteiger partial charge in [0.15, 0.2) is 0 Å². The third-order valence-electron chi connectivity index (χ3n) is 6.22. The van der Waals surface area contributed by atoms with E-state index in [2.05, 4.69) is 10.6 Å². The number of para-hydroxylation sites is 1. The number of nitrogens with one attached hydrogen (secondary N) is 2. The Balaban J connectivity index is 1.44. The van der Waals surface area contributed by atoms with Crippen molar-refractivity contribution in [3.63, 3.8) is 0 Å². The van der Waals surface area contributed by atoms with Gasteiger partial charge in [0.25, 0.3) is 5.56 Å². The maximum atomic E-state index is 13.2. The molecule has 170 valence electrons. The second-order valence-electron chi connectivity index (χ2n) is 8.46. The number of carbonyl (C=O) groups is 1. The number of nitrogens with zero attached hydrogens (tertiary/aromatic N) is 2. The van der Waals surface area contributed by atoms with Crippen LogP contribution in [-0.2, 0) is 16.6 Å². The predicted octanol–water partition coefficient (Wildman–Crippen LogP) is 3.30. The van der Waals surface area contributed by atoms with Crippen molar-refractivity contribution in [2.75, 3.05) is 23.7 Å². The molecule has 2 aromatic carbocycles. The van der Waals surface area contributed by atoms with E-state index in [1.165, 1.54) is 10.4 Å². The van der Waals surface area contributed by atoms with Crippen molar-refractivity contribution in [3.05, 3.63) is 88.8 Å². The van der Waals surface area contributed by atoms with E-state index in [1.807, 2.05) is 18.2 Å². The Bertz CT molecular complexity index is 1340. The molecule has 0 spiro atoms. The summed E-state index contributed by atoms with van der Waals surface area (Å²) < 4.78 is 29.7. The number of amides is 2. The molecule has 0 aliphatic carbocycles. The molecule has 2 amide bonds. The number of rotatable bonds is 4. The monoisotopic (exact) mass is 464 g/mol. The van der Waals surface area contributed by atoms with Crippen molar-refractivity contribution in [1.29, 1.82) is 0 Å². The van der Waals surface area contributed by atoms with Crippen molar-refractivity contribution < 1.29 is 13.2 Å². The quantitative estimate of drug-likeness (QED) is 0.619. The number of fused-ring (bicyclic) bond motifs is 4. The minimum absolute atomic E-state index is 0.0285. The fraction of sp³-hybridized carbons (Fsp3) is 0.250. The summed E-state index contributed by atoms with van der Waals surface area (Å²) in [6.07, 6.45) is 0.763. The van der Waals surface area contributed by atoms with E-state index in [4.69, 9.17) is 0 Å². The highest BCUT2D eigenvalue weighted by Gasteiger charge is 2.40. The van der Waals surface area contributed by atoms with Gasteiger partial charge in [-0.1, -0.05) is 36.4 Å². The normalized spacial score (nSPS) is 20.0. The highest BCUT2D eigenvalue weighted by molar-refractivity contribution is 7.89. The van der Waals surface area contributed by atoms with Gasteiger partial charge in [-0.2, -0.15) is 4.31 Å². The van der Waals surface area contributed by atoms with Gasteiger partial charge in [0, 0.05) is 43.0 Å². The molecular weight excluding hydrogens is 440 g/mol. The van der Waals surface area contributed by atoms with Gasteiger partial charge >= 0.3 is 6.03 Å². The van der Waals surface area contributed by atoms with E-state index in [0.717, 1.165) is 6.42 Å². The summed E-state index contributed by atoms with van der Waals surface area (Å²) in [4.78, 5) is 25.5. The van der Waals surface area contributed by atoms with Crippen LogP contribution < -0.4 is 16.2 Å². The summed E-state index contributed by atoms with van der Waals surface area (Å²) in [5, 5.41) is 5.63. The number of anilines is 2. The average molecular weight is 465 g/mol. The van der Waals surface area contributed by atoms with Crippen molar-refractivity contribution in [1.82, 2.24) is 8.87 Å². The zero-order valence-corrected chi connectivity index (χ0v) is 18.7. The lowest BCUT2D eigenvalue weighted by atomic mass is 9.83. The number of aromatic nitrogens is 1. The summed E-state index contributed by atoms with van der Waals surface area (Å²) in [5.41, 5.74) is 1.70. The third kappa shape index (κ3) is 4.17. The van der Waals surface area contributed by atoms with E-state index in [-0.39, 0.29) is 28.8 Å². The molecule has 1 saturated heterocycles. The molecule has 3 aromatic rings. The molecule has 5 rings (SSSR count). The van der Waals surface area contributed by atoms with Gasteiger partial charge in [0.2, 0.25) is 10.0 Å². The van der Waals surface area contributed by atoms with Crippen molar-refractivity contribution >= 4 is 27.4 Å². The molecule has 9 heteroatoms. The lowest BCUT2D eigenvalue weighted by molar-refractivity contribution is 0.187. The fourth-order valence-electron chi connectivity index (χ4n) is 4.82. The standard InChI is InChI=1S/C24H24N4O4S/c29-22-12-11-21(26-24(30)25-19-7-3-1-4-8-19)23-18-13-17(15-28(22)23)14-27(16-18)33(31,32)20-9-5-2-6-10-20/h1-12,17-18H,13-16H2,(H2,25,26,30)/t17-,18-/m0/s1.